The monoisotopic (exact) mass is 705 g/mol. The molecule has 256 valence electrons. The molecule has 2 aliphatic heterocycles. The number of rotatable bonds is 8. The molecule has 2 fully saturated rings. The molecular weight excluding hydrogens is 673 g/mol. The Hall–Kier alpha value is -3.53. The second-order valence-corrected chi connectivity index (χ2v) is 13.8. The minimum absolute atomic E-state index is 0.0380. The van der Waals surface area contributed by atoms with Gasteiger partial charge in [0.05, 0.1) is 11.0 Å². The Kier molecular flexibility index (Phi) is 10.7. The van der Waals surface area contributed by atoms with Crippen molar-refractivity contribution in [3.63, 3.8) is 0 Å². The predicted molar refractivity (Wildman–Crippen MR) is 164 cm³/mol. The summed E-state index contributed by atoms with van der Waals surface area (Å²) in [7, 11) is -4.55. The van der Waals surface area contributed by atoms with Gasteiger partial charge in [-0.2, -0.15) is 26.7 Å². The van der Waals surface area contributed by atoms with Gasteiger partial charge in [0.25, 0.3) is 5.92 Å². The van der Waals surface area contributed by atoms with E-state index < -0.39 is 45.6 Å². The molecule has 2 heterocycles. The van der Waals surface area contributed by atoms with Gasteiger partial charge in [-0.05, 0) is 86.7 Å². The zero-order valence-corrected chi connectivity index (χ0v) is 26.8. The molecule has 0 saturated carbocycles. The number of carbonyl (C=O) groups is 2. The summed E-state index contributed by atoms with van der Waals surface area (Å²) in [6.45, 7) is 3.79. The Morgan fingerprint density at radius 1 is 0.957 bits per heavy atom. The van der Waals surface area contributed by atoms with Crippen LogP contribution in [0.1, 0.15) is 45.1 Å². The molecule has 1 amide bonds. The Balaban J connectivity index is 0.000000644. The van der Waals surface area contributed by atoms with E-state index in [-0.39, 0.29) is 34.1 Å². The highest BCUT2D eigenvalue weighted by Gasteiger charge is 2.53. The number of hydrogen-bond acceptors (Lipinski definition) is 6. The first-order valence-electron chi connectivity index (χ1n) is 14.5. The first-order valence-corrected chi connectivity index (χ1v) is 16.4. The molecule has 0 aromatic heterocycles. The van der Waals surface area contributed by atoms with Crippen molar-refractivity contribution in [2.24, 2.45) is 5.73 Å². The van der Waals surface area contributed by atoms with E-state index in [2.05, 4.69) is 4.72 Å². The van der Waals surface area contributed by atoms with Crippen LogP contribution in [0.2, 0.25) is 5.02 Å². The third kappa shape index (κ3) is 8.50. The Labute approximate surface area is 272 Å². The maximum Gasteiger partial charge on any atom is 0.490 e. The molecule has 16 heteroatoms. The van der Waals surface area contributed by atoms with Crippen molar-refractivity contribution < 1.29 is 49.8 Å². The third-order valence-corrected chi connectivity index (χ3v) is 9.52. The minimum Gasteiger partial charge on any atom is -0.491 e. The van der Waals surface area contributed by atoms with Crippen LogP contribution in [-0.2, 0) is 25.5 Å². The Morgan fingerprint density at radius 3 is 2.02 bits per heavy atom. The van der Waals surface area contributed by atoms with Crippen molar-refractivity contribution in [3.05, 3.63) is 71.2 Å². The molecule has 2 aliphatic rings. The standard InChI is InChI=1S/C29H32ClF2N3O4S.C2HF3O2/c1-17(2)39-25-11-3-19-14-26(12-4-18(19)13-25)40(37,38)34-27(29(31,32)20-5-7-21(30)8-6-20)28(36)35-23-9-10-24(35)16-22(33)15-23;3-2(4,5)1(6)7/h3-8,11-14,17,22-24,27,34H,9-10,15-16,33H2,1-2H3;(H,6,7)/t22?,23?,24?,27-;/m0./s1. The van der Waals surface area contributed by atoms with Gasteiger partial charge < -0.3 is 20.5 Å². The van der Waals surface area contributed by atoms with E-state index in [1.807, 2.05) is 13.8 Å². The van der Waals surface area contributed by atoms with Crippen LogP contribution in [0.3, 0.4) is 0 Å². The van der Waals surface area contributed by atoms with E-state index in [1.165, 1.54) is 29.2 Å². The highest BCUT2D eigenvalue weighted by molar-refractivity contribution is 7.89. The van der Waals surface area contributed by atoms with Crippen molar-refractivity contribution in [2.75, 3.05) is 0 Å². The average Bonchev–Trinajstić information content (AvgIpc) is 3.25. The number of nitrogens with zero attached hydrogens (tertiary/aromatic N) is 1. The summed E-state index contributed by atoms with van der Waals surface area (Å²) in [6, 6.07) is 11.1. The lowest BCUT2D eigenvalue weighted by atomic mass is 9.95. The van der Waals surface area contributed by atoms with Gasteiger partial charge in [-0.25, -0.2) is 13.2 Å². The van der Waals surface area contributed by atoms with Crippen LogP contribution in [0.25, 0.3) is 10.8 Å². The van der Waals surface area contributed by atoms with E-state index >= 15 is 8.78 Å². The van der Waals surface area contributed by atoms with Gasteiger partial charge in [0, 0.05) is 28.7 Å². The van der Waals surface area contributed by atoms with Gasteiger partial charge in [0.15, 0.2) is 6.04 Å². The van der Waals surface area contributed by atoms with Gasteiger partial charge in [-0.15, -0.1) is 0 Å². The second kappa shape index (κ2) is 13.9. The smallest absolute Gasteiger partial charge is 0.490 e. The molecule has 0 aliphatic carbocycles. The summed E-state index contributed by atoms with van der Waals surface area (Å²) < 4.78 is 98.9. The average molecular weight is 706 g/mol. The largest absolute Gasteiger partial charge is 0.491 e. The number of aliphatic carboxylic acids is 1. The van der Waals surface area contributed by atoms with E-state index in [4.69, 9.17) is 32.0 Å². The van der Waals surface area contributed by atoms with Gasteiger partial charge >= 0.3 is 12.1 Å². The summed E-state index contributed by atoms with van der Waals surface area (Å²) >= 11 is 5.90. The SMILES string of the molecule is CC(C)Oc1ccc2cc(S(=O)(=O)N[C@@H](C(=O)N3C4CCC3CC(N)C4)C(F)(F)c3ccc(Cl)cc3)ccc2c1.O=C(O)C(F)(F)F. The molecule has 2 bridgehead atoms. The van der Waals surface area contributed by atoms with E-state index in [1.54, 1.807) is 24.3 Å². The number of alkyl halides is 5. The number of piperidine rings is 1. The maximum atomic E-state index is 16.1. The van der Waals surface area contributed by atoms with Gasteiger partial charge in [-0.3, -0.25) is 4.79 Å². The second-order valence-electron chi connectivity index (χ2n) is 11.7. The molecule has 4 N–H and O–H groups in total. The number of carboxylic acids is 1. The summed E-state index contributed by atoms with van der Waals surface area (Å²) in [5.74, 6) is -6.96. The number of ether oxygens (including phenoxy) is 1. The lowest BCUT2D eigenvalue weighted by molar-refractivity contribution is -0.192. The van der Waals surface area contributed by atoms with E-state index in [0.717, 1.165) is 17.5 Å². The highest BCUT2D eigenvalue weighted by atomic mass is 35.5. The number of carbonyl (C=O) groups excluding carboxylic acids is 1. The van der Waals surface area contributed by atoms with Crippen LogP contribution in [0.15, 0.2) is 65.6 Å². The van der Waals surface area contributed by atoms with Gasteiger partial charge in [-0.1, -0.05) is 35.9 Å². The quantitative estimate of drug-likeness (QED) is 0.251. The van der Waals surface area contributed by atoms with Crippen LogP contribution in [-0.4, -0.2) is 66.7 Å². The fourth-order valence-electron chi connectivity index (χ4n) is 5.78. The first-order chi connectivity index (χ1) is 21.8. The molecule has 3 aromatic rings. The number of benzene rings is 3. The number of nitrogens with two attached hydrogens (primary N) is 1. The fourth-order valence-corrected chi connectivity index (χ4v) is 7.13. The normalized spacial score (nSPS) is 20.5. The number of amides is 1. The maximum absolute atomic E-state index is 16.1. The Morgan fingerprint density at radius 2 is 1.49 bits per heavy atom. The molecule has 3 aromatic carbocycles. The molecular formula is C31H33ClF5N3O6S. The van der Waals surface area contributed by atoms with Crippen LogP contribution in [0, 0.1) is 0 Å². The first kappa shape index (κ1) is 36.3. The molecule has 3 atom stereocenters. The van der Waals surface area contributed by atoms with Crippen LogP contribution >= 0.6 is 11.6 Å². The number of hydrogen-bond donors (Lipinski definition) is 3. The summed E-state index contributed by atoms with van der Waals surface area (Å²) in [6.07, 6.45) is -2.86. The van der Waals surface area contributed by atoms with Crippen molar-refractivity contribution in [2.45, 2.75) is 86.8 Å². The van der Waals surface area contributed by atoms with Crippen LogP contribution < -0.4 is 15.2 Å². The van der Waals surface area contributed by atoms with Crippen molar-refractivity contribution >= 4 is 44.3 Å². The molecule has 0 radical (unpaired) electrons. The third-order valence-electron chi connectivity index (χ3n) is 7.84. The highest BCUT2D eigenvalue weighted by Crippen LogP contribution is 2.40. The molecule has 9 nitrogen and oxygen atoms in total. The number of carboxylic acid groups (broad SMARTS) is 1. The zero-order chi connectivity index (χ0) is 34.9. The van der Waals surface area contributed by atoms with Gasteiger partial charge in [0.2, 0.25) is 15.9 Å². The molecule has 5 rings (SSSR count). The lowest BCUT2D eigenvalue weighted by Crippen LogP contribution is -2.60. The fraction of sp³-hybridized carbons (Fsp3) is 0.419. The Bertz CT molecular complexity index is 1710. The summed E-state index contributed by atoms with van der Waals surface area (Å²) in [5.41, 5.74) is 5.60. The van der Waals surface area contributed by atoms with Crippen molar-refractivity contribution in [1.29, 1.82) is 0 Å². The van der Waals surface area contributed by atoms with Crippen molar-refractivity contribution in [3.8, 4) is 5.75 Å². The number of sulfonamides is 1. The number of nitrogens with one attached hydrogen (secondary N) is 1. The summed E-state index contributed by atoms with van der Waals surface area (Å²) in [4.78, 5) is 23.9. The molecule has 47 heavy (non-hydrogen) atoms. The molecule has 2 saturated heterocycles. The molecule has 2 unspecified atom stereocenters. The molecule has 0 spiro atoms. The number of halogens is 6. The minimum atomic E-state index is -5.08. The van der Waals surface area contributed by atoms with Crippen LogP contribution in [0.5, 0.6) is 5.75 Å². The van der Waals surface area contributed by atoms with Gasteiger partial charge in [0.1, 0.15) is 5.75 Å². The van der Waals surface area contributed by atoms with E-state index in [0.29, 0.717) is 36.8 Å². The zero-order valence-electron chi connectivity index (χ0n) is 25.2. The van der Waals surface area contributed by atoms with Crippen LogP contribution in [0.4, 0.5) is 22.0 Å². The predicted octanol–water partition coefficient (Wildman–Crippen LogP) is 5.83. The van der Waals surface area contributed by atoms with E-state index in [9.17, 15) is 26.4 Å². The topological polar surface area (TPSA) is 139 Å². The number of fused-ring (bicyclic) bond motifs is 3. The summed E-state index contributed by atoms with van der Waals surface area (Å²) in [5, 5.41) is 8.66. The van der Waals surface area contributed by atoms with Crippen molar-refractivity contribution in [1.82, 2.24) is 9.62 Å². The lowest BCUT2D eigenvalue weighted by Gasteiger charge is -2.41.